The number of hydrogen-bond donors (Lipinski definition) is 1. The molecule has 0 radical (unpaired) electrons. The molecular formula is C13H20BrClN2OS. The Morgan fingerprint density at radius 3 is 2.74 bits per heavy atom. The van der Waals surface area contributed by atoms with Crippen LogP contribution in [0.1, 0.15) is 28.9 Å². The van der Waals surface area contributed by atoms with Crippen LogP contribution in [0, 0.1) is 5.92 Å². The summed E-state index contributed by atoms with van der Waals surface area (Å²) in [5.41, 5.74) is 0. The van der Waals surface area contributed by atoms with Gasteiger partial charge in [0.15, 0.2) is 0 Å². The van der Waals surface area contributed by atoms with Crippen LogP contribution >= 0.6 is 39.7 Å². The number of nitrogens with zero attached hydrogens (tertiary/aromatic N) is 1. The number of halogens is 2. The lowest BCUT2D eigenvalue weighted by atomic mass is 9.93. The third-order valence-corrected chi connectivity index (χ3v) is 5.16. The van der Waals surface area contributed by atoms with Crippen molar-refractivity contribution in [2.24, 2.45) is 5.92 Å². The molecule has 19 heavy (non-hydrogen) atoms. The van der Waals surface area contributed by atoms with E-state index in [2.05, 4.69) is 21.2 Å². The largest absolute Gasteiger partial charge is 0.338 e. The summed E-state index contributed by atoms with van der Waals surface area (Å²) in [6.45, 7) is 2.89. The van der Waals surface area contributed by atoms with Gasteiger partial charge in [-0.05, 0) is 60.8 Å². The number of amides is 1. The van der Waals surface area contributed by atoms with E-state index in [0.29, 0.717) is 0 Å². The van der Waals surface area contributed by atoms with Gasteiger partial charge in [0.2, 0.25) is 0 Å². The van der Waals surface area contributed by atoms with Crippen LogP contribution in [-0.2, 0) is 0 Å². The van der Waals surface area contributed by atoms with Crippen LogP contribution < -0.4 is 5.32 Å². The summed E-state index contributed by atoms with van der Waals surface area (Å²) in [7, 11) is 1.99. The minimum absolute atomic E-state index is 0. The molecule has 1 aromatic heterocycles. The predicted octanol–water partition coefficient (Wildman–Crippen LogP) is 3.39. The van der Waals surface area contributed by atoms with E-state index in [1.165, 1.54) is 17.8 Å². The van der Waals surface area contributed by atoms with E-state index in [1.54, 1.807) is 0 Å². The zero-order valence-electron chi connectivity index (χ0n) is 11.0. The third kappa shape index (κ3) is 4.74. The van der Waals surface area contributed by atoms with Crippen LogP contribution in [0.3, 0.4) is 0 Å². The molecule has 6 heteroatoms. The molecule has 1 aliphatic heterocycles. The molecule has 0 aliphatic carbocycles. The fraction of sp³-hybridized carbons (Fsp3) is 0.615. The maximum absolute atomic E-state index is 12.2. The molecule has 3 nitrogen and oxygen atoms in total. The number of thiophene rings is 1. The van der Waals surface area contributed by atoms with Gasteiger partial charge in [-0.1, -0.05) is 0 Å². The van der Waals surface area contributed by atoms with Crippen molar-refractivity contribution in [3.8, 4) is 0 Å². The Kier molecular flexibility index (Phi) is 7.36. The van der Waals surface area contributed by atoms with E-state index >= 15 is 0 Å². The molecule has 1 aliphatic rings. The van der Waals surface area contributed by atoms with Crippen LogP contribution in [-0.4, -0.2) is 37.5 Å². The van der Waals surface area contributed by atoms with Crippen LogP contribution in [0.4, 0.5) is 0 Å². The molecule has 2 heterocycles. The molecule has 108 valence electrons. The van der Waals surface area contributed by atoms with Crippen molar-refractivity contribution >= 4 is 45.6 Å². The Labute approximate surface area is 133 Å². The molecule has 1 aromatic rings. The second-order valence-electron chi connectivity index (χ2n) is 4.76. The maximum atomic E-state index is 12.2. The average molecular weight is 368 g/mol. The van der Waals surface area contributed by atoms with E-state index in [1.807, 2.05) is 23.4 Å². The Balaban J connectivity index is 0.00000180. The third-order valence-electron chi connectivity index (χ3n) is 3.48. The van der Waals surface area contributed by atoms with Gasteiger partial charge in [-0.3, -0.25) is 4.79 Å². The van der Waals surface area contributed by atoms with Gasteiger partial charge in [-0.25, -0.2) is 0 Å². The lowest BCUT2D eigenvalue weighted by molar-refractivity contribution is 0.0692. The van der Waals surface area contributed by atoms with E-state index in [4.69, 9.17) is 0 Å². The Hall–Kier alpha value is -0.100. The Morgan fingerprint density at radius 2 is 2.21 bits per heavy atom. The number of likely N-dealkylation sites (tertiary alicyclic amines) is 1. The van der Waals surface area contributed by atoms with Crippen LogP contribution in [0.25, 0.3) is 0 Å². The highest BCUT2D eigenvalue weighted by Crippen LogP contribution is 2.25. The summed E-state index contributed by atoms with van der Waals surface area (Å²) in [6.07, 6.45) is 3.50. The fourth-order valence-corrected chi connectivity index (χ4v) is 3.75. The summed E-state index contributed by atoms with van der Waals surface area (Å²) in [6, 6.07) is 1.92. The molecule has 1 N–H and O–H groups in total. The van der Waals surface area contributed by atoms with Crippen LogP contribution in [0.15, 0.2) is 15.9 Å². The van der Waals surface area contributed by atoms with Crippen molar-refractivity contribution < 1.29 is 4.79 Å². The molecule has 0 atom stereocenters. The van der Waals surface area contributed by atoms with E-state index in [-0.39, 0.29) is 18.3 Å². The van der Waals surface area contributed by atoms with Gasteiger partial charge in [-0.2, -0.15) is 0 Å². The highest BCUT2D eigenvalue weighted by atomic mass is 79.9. The molecule has 0 spiro atoms. The second kappa shape index (κ2) is 8.25. The van der Waals surface area contributed by atoms with E-state index in [9.17, 15) is 4.79 Å². The summed E-state index contributed by atoms with van der Waals surface area (Å²) in [5.74, 6) is 0.967. The number of rotatable bonds is 4. The summed E-state index contributed by atoms with van der Waals surface area (Å²) in [4.78, 5) is 15.1. The summed E-state index contributed by atoms with van der Waals surface area (Å²) in [5, 5.41) is 5.16. The van der Waals surface area contributed by atoms with Gasteiger partial charge in [0.1, 0.15) is 0 Å². The lowest BCUT2D eigenvalue weighted by Crippen LogP contribution is -2.38. The monoisotopic (exact) mass is 366 g/mol. The van der Waals surface area contributed by atoms with Crippen LogP contribution in [0.2, 0.25) is 0 Å². The molecule has 0 unspecified atom stereocenters. The first kappa shape index (κ1) is 17.0. The van der Waals surface area contributed by atoms with Crippen molar-refractivity contribution in [2.45, 2.75) is 19.3 Å². The molecule has 1 saturated heterocycles. The van der Waals surface area contributed by atoms with Crippen molar-refractivity contribution in [1.29, 1.82) is 0 Å². The smallest absolute Gasteiger partial charge is 0.263 e. The Bertz CT molecular complexity index is 405. The lowest BCUT2D eigenvalue weighted by Gasteiger charge is -2.31. The Morgan fingerprint density at radius 1 is 1.53 bits per heavy atom. The quantitative estimate of drug-likeness (QED) is 0.884. The van der Waals surface area contributed by atoms with Gasteiger partial charge in [-0.15, -0.1) is 23.7 Å². The van der Waals surface area contributed by atoms with Crippen molar-refractivity contribution in [2.75, 3.05) is 26.7 Å². The predicted molar refractivity (Wildman–Crippen MR) is 86.4 cm³/mol. The average Bonchev–Trinajstić information content (AvgIpc) is 2.83. The molecular weight excluding hydrogens is 348 g/mol. The summed E-state index contributed by atoms with van der Waals surface area (Å²) < 4.78 is 1.000. The fourth-order valence-electron chi connectivity index (χ4n) is 2.35. The van der Waals surface area contributed by atoms with Gasteiger partial charge in [0.05, 0.1) is 4.88 Å². The summed E-state index contributed by atoms with van der Waals surface area (Å²) >= 11 is 4.91. The highest BCUT2D eigenvalue weighted by Gasteiger charge is 2.23. The van der Waals surface area contributed by atoms with E-state index in [0.717, 1.165) is 47.7 Å². The topological polar surface area (TPSA) is 32.3 Å². The van der Waals surface area contributed by atoms with Gasteiger partial charge < -0.3 is 10.2 Å². The molecule has 1 fully saturated rings. The first-order valence-corrected chi connectivity index (χ1v) is 8.06. The SMILES string of the molecule is CNCCC1CCN(C(=O)c2cc(Br)cs2)CC1.Cl. The number of carbonyl (C=O) groups is 1. The van der Waals surface area contributed by atoms with Crippen molar-refractivity contribution in [3.63, 3.8) is 0 Å². The number of hydrogen-bond acceptors (Lipinski definition) is 3. The van der Waals surface area contributed by atoms with E-state index < -0.39 is 0 Å². The van der Waals surface area contributed by atoms with Crippen molar-refractivity contribution in [1.82, 2.24) is 10.2 Å². The first-order chi connectivity index (χ1) is 8.70. The molecule has 0 aromatic carbocycles. The molecule has 0 saturated carbocycles. The molecule has 2 rings (SSSR count). The normalized spacial score (nSPS) is 16.2. The number of carbonyl (C=O) groups excluding carboxylic acids is 1. The molecule has 0 bridgehead atoms. The highest BCUT2D eigenvalue weighted by molar-refractivity contribution is 9.10. The first-order valence-electron chi connectivity index (χ1n) is 6.38. The minimum atomic E-state index is 0. The zero-order chi connectivity index (χ0) is 13.0. The van der Waals surface area contributed by atoms with Crippen molar-refractivity contribution in [3.05, 3.63) is 20.8 Å². The zero-order valence-corrected chi connectivity index (χ0v) is 14.2. The molecule has 1 amide bonds. The number of nitrogens with one attached hydrogen (secondary N) is 1. The van der Waals surface area contributed by atoms with Gasteiger partial charge in [0.25, 0.3) is 5.91 Å². The van der Waals surface area contributed by atoms with Gasteiger partial charge >= 0.3 is 0 Å². The van der Waals surface area contributed by atoms with Crippen LogP contribution in [0.5, 0.6) is 0 Å². The van der Waals surface area contributed by atoms with Gasteiger partial charge in [0, 0.05) is 22.9 Å². The minimum Gasteiger partial charge on any atom is -0.338 e. The second-order valence-corrected chi connectivity index (χ2v) is 6.58. The maximum Gasteiger partial charge on any atom is 0.263 e. The number of piperidine rings is 1. The standard InChI is InChI=1S/C13H19BrN2OS.ClH/c1-15-5-2-10-3-6-16(7-4-10)13(17)12-8-11(14)9-18-12;/h8-10,15H,2-7H2,1H3;1H.